The van der Waals surface area contributed by atoms with E-state index in [-0.39, 0.29) is 11.7 Å². The van der Waals surface area contributed by atoms with Crippen LogP contribution in [-0.2, 0) is 9.59 Å². The van der Waals surface area contributed by atoms with Crippen molar-refractivity contribution in [1.82, 2.24) is 16.2 Å². The minimum Gasteiger partial charge on any atom is -0.493 e. The zero-order valence-electron chi connectivity index (χ0n) is 17.8. The molecule has 0 radical (unpaired) electrons. The van der Waals surface area contributed by atoms with Crippen molar-refractivity contribution in [3.8, 4) is 17.2 Å². The highest BCUT2D eigenvalue weighted by atomic mass is 32.1. The number of carbonyl (C=O) groups excluding carboxylic acids is 2. The Morgan fingerprint density at radius 2 is 1.65 bits per heavy atom. The maximum absolute atomic E-state index is 12.0. The lowest BCUT2D eigenvalue weighted by Crippen LogP contribution is -2.49. The van der Waals surface area contributed by atoms with Gasteiger partial charge in [0.2, 0.25) is 5.91 Å². The first-order valence-electron chi connectivity index (χ1n) is 9.31. The summed E-state index contributed by atoms with van der Waals surface area (Å²) in [6.07, 6.45) is 2.90. The molecule has 0 atom stereocenters. The predicted molar refractivity (Wildman–Crippen MR) is 122 cm³/mol. The first-order valence-corrected chi connectivity index (χ1v) is 9.72. The highest BCUT2D eigenvalue weighted by molar-refractivity contribution is 7.80. The van der Waals surface area contributed by atoms with Gasteiger partial charge in [-0.05, 0) is 73.1 Å². The summed E-state index contributed by atoms with van der Waals surface area (Å²) < 4.78 is 15.8. The van der Waals surface area contributed by atoms with Gasteiger partial charge in [0.15, 0.2) is 23.2 Å². The second kappa shape index (κ2) is 11.6. The quantitative estimate of drug-likeness (QED) is 0.343. The molecule has 31 heavy (non-hydrogen) atoms. The molecule has 2 aromatic carbocycles. The van der Waals surface area contributed by atoms with Crippen LogP contribution in [0.5, 0.6) is 17.2 Å². The number of aryl methyl sites for hydroxylation is 2. The molecule has 3 N–H and O–H groups in total. The Bertz CT molecular complexity index is 971. The minimum absolute atomic E-state index is 0.0540. The normalized spacial score (nSPS) is 10.3. The fraction of sp³-hybridized carbons (Fsp3) is 0.227. The van der Waals surface area contributed by atoms with E-state index in [1.807, 2.05) is 32.0 Å². The Hall–Kier alpha value is -3.59. The number of benzene rings is 2. The molecule has 2 aromatic rings. The van der Waals surface area contributed by atoms with E-state index in [1.165, 1.54) is 13.2 Å². The molecule has 0 unspecified atom stereocenters. The number of hydrogen-bond donors (Lipinski definition) is 3. The van der Waals surface area contributed by atoms with Crippen LogP contribution in [0.3, 0.4) is 0 Å². The van der Waals surface area contributed by atoms with Crippen molar-refractivity contribution in [2.24, 2.45) is 0 Å². The Balaban J connectivity index is 1.76. The van der Waals surface area contributed by atoms with Gasteiger partial charge in [0.25, 0.3) is 5.91 Å². The smallest absolute Gasteiger partial charge is 0.276 e. The van der Waals surface area contributed by atoms with Gasteiger partial charge >= 0.3 is 0 Å². The number of ether oxygens (including phenoxy) is 3. The van der Waals surface area contributed by atoms with Crippen LogP contribution in [0.2, 0.25) is 0 Å². The van der Waals surface area contributed by atoms with E-state index >= 15 is 0 Å². The van der Waals surface area contributed by atoms with Crippen molar-refractivity contribution >= 4 is 35.2 Å². The van der Waals surface area contributed by atoms with Crippen molar-refractivity contribution < 1.29 is 23.8 Å². The van der Waals surface area contributed by atoms with E-state index in [1.54, 1.807) is 31.4 Å². The molecular weight excluding hydrogens is 418 g/mol. The van der Waals surface area contributed by atoms with E-state index in [0.29, 0.717) is 17.2 Å². The van der Waals surface area contributed by atoms with Crippen LogP contribution in [0, 0.1) is 13.8 Å². The lowest BCUT2D eigenvalue weighted by atomic mass is 10.1. The number of nitrogens with one attached hydrogen (secondary N) is 3. The summed E-state index contributed by atoms with van der Waals surface area (Å²) in [5, 5.41) is 2.37. The molecule has 0 spiro atoms. The molecule has 2 rings (SSSR count). The number of hydrogen-bond acceptors (Lipinski definition) is 6. The van der Waals surface area contributed by atoms with E-state index in [9.17, 15) is 9.59 Å². The lowest BCUT2D eigenvalue weighted by Gasteiger charge is -2.11. The summed E-state index contributed by atoms with van der Waals surface area (Å²) in [6, 6.07) is 10.9. The number of rotatable bonds is 7. The maximum Gasteiger partial charge on any atom is 0.276 e. The van der Waals surface area contributed by atoms with Crippen molar-refractivity contribution in [1.29, 1.82) is 0 Å². The highest BCUT2D eigenvalue weighted by Gasteiger charge is 2.07. The third kappa shape index (κ3) is 7.98. The number of hydrazine groups is 1. The monoisotopic (exact) mass is 443 g/mol. The van der Waals surface area contributed by atoms with E-state index in [0.717, 1.165) is 16.7 Å². The average Bonchev–Trinajstić information content (AvgIpc) is 2.73. The molecule has 0 saturated carbocycles. The number of methoxy groups -OCH3 is 2. The van der Waals surface area contributed by atoms with Crippen LogP contribution in [-0.4, -0.2) is 37.8 Å². The first-order chi connectivity index (χ1) is 14.8. The molecule has 0 aliphatic heterocycles. The Kier molecular flexibility index (Phi) is 8.83. The average molecular weight is 444 g/mol. The molecule has 9 heteroatoms. The summed E-state index contributed by atoms with van der Waals surface area (Å²) in [4.78, 5) is 23.9. The Morgan fingerprint density at radius 1 is 0.968 bits per heavy atom. The molecule has 8 nitrogen and oxygen atoms in total. The van der Waals surface area contributed by atoms with Gasteiger partial charge in [0.1, 0.15) is 5.75 Å². The molecule has 2 amide bonds. The molecule has 0 aliphatic rings. The van der Waals surface area contributed by atoms with E-state index in [2.05, 4.69) is 16.2 Å². The molecule has 0 aliphatic carbocycles. The van der Waals surface area contributed by atoms with Gasteiger partial charge in [-0.3, -0.25) is 25.8 Å². The molecule has 0 fully saturated rings. The highest BCUT2D eigenvalue weighted by Crippen LogP contribution is 2.27. The molecule has 0 aromatic heterocycles. The van der Waals surface area contributed by atoms with Gasteiger partial charge in [-0.25, -0.2) is 0 Å². The standard InChI is InChI=1S/C22H25N3O5S/c1-14-9-15(2)11-17(10-14)30-13-21(27)24-25-22(31)23-20(26)8-6-16-5-7-18(28-3)19(12-16)29-4/h5-12H,13H2,1-4H3,(H,24,27)(H2,23,25,26,31)/b8-6+. The van der Waals surface area contributed by atoms with Crippen LogP contribution < -0.4 is 30.4 Å². The largest absolute Gasteiger partial charge is 0.493 e. The fourth-order valence-electron chi connectivity index (χ4n) is 2.64. The van der Waals surface area contributed by atoms with E-state index in [4.69, 9.17) is 26.4 Å². The summed E-state index contributed by atoms with van der Waals surface area (Å²) in [7, 11) is 3.08. The number of amides is 2. The van der Waals surface area contributed by atoms with Gasteiger partial charge in [0, 0.05) is 6.08 Å². The van der Waals surface area contributed by atoms with Crippen LogP contribution in [0.1, 0.15) is 16.7 Å². The van der Waals surface area contributed by atoms with Crippen molar-refractivity contribution in [3.05, 3.63) is 59.2 Å². The lowest BCUT2D eigenvalue weighted by molar-refractivity contribution is -0.123. The molecule has 164 valence electrons. The Labute approximate surface area is 186 Å². The zero-order chi connectivity index (χ0) is 22.8. The SMILES string of the molecule is COc1ccc(/C=C/C(=O)NC(=S)NNC(=O)COc2cc(C)cc(C)c2)cc1OC. The molecule has 0 saturated heterocycles. The third-order valence-corrected chi connectivity index (χ3v) is 4.16. The van der Waals surface area contributed by atoms with Gasteiger partial charge in [-0.15, -0.1) is 0 Å². The van der Waals surface area contributed by atoms with Crippen LogP contribution in [0.25, 0.3) is 6.08 Å². The summed E-state index contributed by atoms with van der Waals surface area (Å²) >= 11 is 4.99. The van der Waals surface area contributed by atoms with Crippen molar-refractivity contribution in [2.75, 3.05) is 20.8 Å². The van der Waals surface area contributed by atoms with Crippen molar-refractivity contribution in [3.63, 3.8) is 0 Å². The van der Waals surface area contributed by atoms with Crippen LogP contribution >= 0.6 is 12.2 Å². The summed E-state index contributed by atoms with van der Waals surface area (Å²) in [5.41, 5.74) is 7.64. The topological polar surface area (TPSA) is 97.9 Å². The van der Waals surface area contributed by atoms with Crippen LogP contribution in [0.4, 0.5) is 0 Å². The molecule has 0 bridgehead atoms. The molecular formula is C22H25N3O5S. The second-order valence-electron chi connectivity index (χ2n) is 6.55. The first kappa shape index (κ1) is 23.7. The van der Waals surface area contributed by atoms with E-state index < -0.39 is 11.8 Å². The second-order valence-corrected chi connectivity index (χ2v) is 6.96. The van der Waals surface area contributed by atoms with Gasteiger partial charge in [0.05, 0.1) is 14.2 Å². The van der Waals surface area contributed by atoms with Crippen molar-refractivity contribution in [2.45, 2.75) is 13.8 Å². The fourth-order valence-corrected chi connectivity index (χ4v) is 2.79. The summed E-state index contributed by atoms with van der Waals surface area (Å²) in [6.45, 7) is 3.69. The summed E-state index contributed by atoms with van der Waals surface area (Å²) in [5.74, 6) is 0.827. The maximum atomic E-state index is 12.0. The van der Waals surface area contributed by atoms with Gasteiger partial charge < -0.3 is 14.2 Å². The van der Waals surface area contributed by atoms with Gasteiger partial charge in [-0.2, -0.15) is 0 Å². The minimum atomic E-state index is -0.465. The van der Waals surface area contributed by atoms with Crippen LogP contribution in [0.15, 0.2) is 42.5 Å². The molecule has 0 heterocycles. The zero-order valence-corrected chi connectivity index (χ0v) is 18.6. The Morgan fingerprint density at radius 3 is 2.29 bits per heavy atom. The van der Waals surface area contributed by atoms with Gasteiger partial charge in [-0.1, -0.05) is 12.1 Å². The third-order valence-electron chi connectivity index (χ3n) is 3.95. The number of thiocarbonyl (C=S) groups is 1. The number of carbonyl (C=O) groups is 2. The predicted octanol–water partition coefficient (Wildman–Crippen LogP) is 2.43.